The van der Waals surface area contributed by atoms with Crippen LogP contribution in [0.3, 0.4) is 0 Å². The normalized spacial score (nSPS) is 11.8. The molecule has 0 bridgehead atoms. The van der Waals surface area contributed by atoms with Crippen molar-refractivity contribution in [3.63, 3.8) is 0 Å². The van der Waals surface area contributed by atoms with Crippen LogP contribution in [-0.4, -0.2) is 56.4 Å². The fourth-order valence-corrected chi connectivity index (χ4v) is 5.54. The molecule has 0 radical (unpaired) electrons. The van der Waals surface area contributed by atoms with Gasteiger partial charge in [-0.25, -0.2) is 0 Å². The van der Waals surface area contributed by atoms with Crippen molar-refractivity contribution in [2.45, 2.75) is 39.5 Å². The Morgan fingerprint density at radius 1 is 0.697 bits per heavy atom. The van der Waals surface area contributed by atoms with Crippen molar-refractivity contribution in [3.05, 3.63) is 48.5 Å². The molecule has 0 atom stereocenters. The summed E-state index contributed by atoms with van der Waals surface area (Å²) in [6.07, 6.45) is 4.86. The van der Waals surface area contributed by atoms with Crippen LogP contribution < -0.4 is 9.47 Å². The second-order valence-electron chi connectivity index (χ2n) is 8.56. The third kappa shape index (κ3) is 12.4. The maximum absolute atomic E-state index is 5.91. The Morgan fingerprint density at radius 2 is 1.27 bits per heavy atom. The van der Waals surface area contributed by atoms with Crippen molar-refractivity contribution in [2.75, 3.05) is 51.9 Å². The first-order valence-electron chi connectivity index (χ1n) is 12.0. The van der Waals surface area contributed by atoms with E-state index in [0.29, 0.717) is 6.61 Å². The van der Waals surface area contributed by atoms with Gasteiger partial charge in [-0.1, -0.05) is 34.9 Å². The van der Waals surface area contributed by atoms with Gasteiger partial charge in [0.1, 0.15) is 11.5 Å². The van der Waals surface area contributed by atoms with Crippen LogP contribution in [0.2, 0.25) is 0 Å². The number of unbranched alkanes of at least 4 members (excludes halogenated alkanes) is 2. The zero-order valence-corrected chi connectivity index (χ0v) is 22.3. The third-order valence-corrected chi connectivity index (χ3v) is 7.61. The highest BCUT2D eigenvalue weighted by Crippen LogP contribution is 2.24. The first-order valence-corrected chi connectivity index (χ1v) is 14.4. The molecule has 0 unspecified atom stereocenters. The van der Waals surface area contributed by atoms with Gasteiger partial charge in [0.15, 0.2) is 0 Å². The maximum atomic E-state index is 5.91. The minimum absolute atomic E-state index is 0.657. The predicted octanol–water partition coefficient (Wildman–Crippen LogP) is 7.92. The lowest BCUT2D eigenvalue weighted by atomic mass is 10.2. The van der Waals surface area contributed by atoms with Gasteiger partial charge in [-0.15, -0.1) is 0 Å². The second-order valence-corrected chi connectivity index (χ2v) is 11.3. The Balaban J connectivity index is 1.62. The van der Waals surface area contributed by atoms with Gasteiger partial charge < -0.3 is 14.0 Å². The van der Waals surface area contributed by atoms with E-state index in [1.165, 1.54) is 43.9 Å². The molecule has 0 aliphatic rings. The van der Waals surface area contributed by atoms with E-state index in [2.05, 4.69) is 31.2 Å². The molecule has 2 rings (SSSR count). The van der Waals surface area contributed by atoms with Crippen LogP contribution in [0.4, 0.5) is 11.4 Å². The smallest absolute Gasteiger partial charge is 0.119 e. The molecule has 0 spiro atoms. The lowest BCUT2D eigenvalue weighted by Gasteiger charge is -2.29. The average molecular weight is 491 g/mol. The van der Waals surface area contributed by atoms with E-state index in [1.54, 1.807) is 0 Å². The number of hydrogen-bond acceptors (Lipinski definition) is 6. The molecule has 0 aliphatic heterocycles. The van der Waals surface area contributed by atoms with E-state index in [0.717, 1.165) is 40.4 Å². The summed E-state index contributed by atoms with van der Waals surface area (Å²) < 4.78 is 12.4. The minimum atomic E-state index is 0.657. The molecule has 0 saturated carbocycles. The molecule has 33 heavy (non-hydrogen) atoms. The highest BCUT2D eigenvalue weighted by molar-refractivity contribution is 8.76. The first-order chi connectivity index (χ1) is 16.0. The van der Waals surface area contributed by atoms with Crippen molar-refractivity contribution in [3.8, 4) is 11.5 Å². The predicted molar refractivity (Wildman–Crippen MR) is 145 cm³/mol. The Morgan fingerprint density at radius 3 is 1.85 bits per heavy atom. The molecule has 0 aromatic heterocycles. The number of ether oxygens (including phenoxy) is 2. The molecular formula is C26H40N3O2S2+. The van der Waals surface area contributed by atoms with Gasteiger partial charge in [-0.2, -0.15) is 10.2 Å². The highest BCUT2D eigenvalue weighted by Gasteiger charge is 2.14. The number of azo groups is 1. The molecule has 0 heterocycles. The topological polar surface area (TPSA) is 43.2 Å². The number of nitrogens with zero attached hydrogens (tertiary/aromatic N) is 3. The van der Waals surface area contributed by atoms with Crippen molar-refractivity contribution < 1.29 is 14.0 Å². The summed E-state index contributed by atoms with van der Waals surface area (Å²) in [7, 11) is 8.71. The van der Waals surface area contributed by atoms with Crippen LogP contribution in [0.25, 0.3) is 0 Å². The lowest BCUT2D eigenvalue weighted by Crippen LogP contribution is -2.42. The zero-order valence-electron chi connectivity index (χ0n) is 20.7. The van der Waals surface area contributed by atoms with E-state index >= 15 is 0 Å². The standard InChI is InChI=1S/C26H40N3O2S2/c1-5-7-21-32-33-22-19-29(3,4)18-8-9-20-31-26-16-12-24(13-17-26)28-27-23-10-14-25(15-11-23)30-6-2/h10-17H,5-9,18-22H2,1-4H3/q+1. The van der Waals surface area contributed by atoms with E-state index < -0.39 is 0 Å². The summed E-state index contributed by atoms with van der Waals surface area (Å²) in [5.41, 5.74) is 1.61. The fraction of sp³-hybridized carbons (Fsp3) is 0.538. The lowest BCUT2D eigenvalue weighted by molar-refractivity contribution is -0.888. The number of benzene rings is 2. The van der Waals surface area contributed by atoms with Crippen molar-refractivity contribution in [1.29, 1.82) is 0 Å². The Kier molecular flexibility index (Phi) is 13.4. The Bertz CT molecular complexity index is 796. The number of rotatable bonds is 17. The van der Waals surface area contributed by atoms with Crippen molar-refractivity contribution >= 4 is 33.0 Å². The van der Waals surface area contributed by atoms with E-state index in [1.807, 2.05) is 77.0 Å². The molecule has 5 nitrogen and oxygen atoms in total. The highest BCUT2D eigenvalue weighted by atomic mass is 33.1. The van der Waals surface area contributed by atoms with Gasteiger partial charge in [0.25, 0.3) is 0 Å². The van der Waals surface area contributed by atoms with Gasteiger partial charge in [0, 0.05) is 5.75 Å². The molecule has 0 N–H and O–H groups in total. The monoisotopic (exact) mass is 490 g/mol. The second kappa shape index (κ2) is 16.0. The third-order valence-electron chi connectivity index (χ3n) is 5.14. The molecule has 0 amide bonds. The summed E-state index contributed by atoms with van der Waals surface area (Å²) in [5.74, 6) is 4.22. The van der Waals surface area contributed by atoms with Crippen LogP contribution in [0.1, 0.15) is 39.5 Å². The maximum Gasteiger partial charge on any atom is 0.119 e. The Hall–Kier alpha value is -1.70. The van der Waals surface area contributed by atoms with Crippen LogP contribution in [0.15, 0.2) is 58.8 Å². The SMILES string of the molecule is CCCCSSCC[N+](C)(C)CCCCOc1ccc(N=Nc2ccc(OCC)cc2)cc1. The molecule has 2 aromatic carbocycles. The van der Waals surface area contributed by atoms with Crippen LogP contribution >= 0.6 is 21.6 Å². The zero-order chi connectivity index (χ0) is 23.8. The Labute approximate surface area is 208 Å². The summed E-state index contributed by atoms with van der Waals surface area (Å²) in [4.78, 5) is 0. The van der Waals surface area contributed by atoms with Gasteiger partial charge in [0.2, 0.25) is 0 Å². The van der Waals surface area contributed by atoms with Crippen LogP contribution in [0, 0.1) is 0 Å². The molecule has 182 valence electrons. The van der Waals surface area contributed by atoms with Crippen LogP contribution in [-0.2, 0) is 0 Å². The molecular weight excluding hydrogens is 450 g/mol. The van der Waals surface area contributed by atoms with Crippen molar-refractivity contribution in [2.24, 2.45) is 10.2 Å². The largest absolute Gasteiger partial charge is 0.494 e. The number of quaternary nitrogens is 1. The van der Waals surface area contributed by atoms with Gasteiger partial charge >= 0.3 is 0 Å². The summed E-state index contributed by atoms with van der Waals surface area (Å²) in [5, 5.41) is 8.58. The van der Waals surface area contributed by atoms with Crippen LogP contribution in [0.5, 0.6) is 11.5 Å². The summed E-state index contributed by atoms with van der Waals surface area (Å²) in [6, 6.07) is 15.4. The van der Waals surface area contributed by atoms with Crippen molar-refractivity contribution in [1.82, 2.24) is 0 Å². The van der Waals surface area contributed by atoms with Gasteiger partial charge in [-0.3, -0.25) is 0 Å². The molecule has 0 fully saturated rings. The molecule has 7 heteroatoms. The molecule has 0 aliphatic carbocycles. The van der Waals surface area contributed by atoms with Gasteiger partial charge in [-0.05, 0) is 74.7 Å². The van der Waals surface area contributed by atoms with Gasteiger partial charge in [0.05, 0.1) is 57.5 Å². The van der Waals surface area contributed by atoms with E-state index in [9.17, 15) is 0 Å². The van der Waals surface area contributed by atoms with E-state index in [-0.39, 0.29) is 0 Å². The quantitative estimate of drug-likeness (QED) is 0.0977. The summed E-state index contributed by atoms with van der Waals surface area (Å²) in [6.45, 7) is 8.03. The number of hydrogen-bond donors (Lipinski definition) is 0. The minimum Gasteiger partial charge on any atom is -0.494 e. The molecule has 0 saturated heterocycles. The molecule has 2 aromatic rings. The van der Waals surface area contributed by atoms with E-state index in [4.69, 9.17) is 9.47 Å². The first kappa shape index (κ1) is 27.5. The summed E-state index contributed by atoms with van der Waals surface area (Å²) >= 11 is 0. The fourth-order valence-electron chi connectivity index (χ4n) is 3.05. The average Bonchev–Trinajstić information content (AvgIpc) is 2.81.